The monoisotopic (exact) mass is 454 g/mol. The first-order valence-electron chi connectivity index (χ1n) is 8.70. The highest BCUT2D eigenvalue weighted by Crippen LogP contribution is 2.25. The Bertz CT molecular complexity index is 866. The lowest BCUT2D eigenvalue weighted by Crippen LogP contribution is -2.40. The number of morpholine rings is 1. The molecule has 2 aromatic rings. The summed E-state index contributed by atoms with van der Waals surface area (Å²) in [6.45, 7) is 3.06. The fraction of sp³-hybridized carbons (Fsp3) is 0.368. The van der Waals surface area contributed by atoms with E-state index in [4.69, 9.17) is 9.47 Å². The lowest BCUT2D eigenvalue weighted by atomic mass is 10.2. The average molecular weight is 455 g/mol. The van der Waals surface area contributed by atoms with Gasteiger partial charge in [-0.2, -0.15) is 4.31 Å². The third kappa shape index (κ3) is 5.08. The van der Waals surface area contributed by atoms with Crippen molar-refractivity contribution in [2.45, 2.75) is 18.0 Å². The molecule has 27 heavy (non-hydrogen) atoms. The van der Waals surface area contributed by atoms with Gasteiger partial charge in [0.15, 0.2) is 0 Å². The van der Waals surface area contributed by atoms with Gasteiger partial charge in [0, 0.05) is 26.2 Å². The highest BCUT2D eigenvalue weighted by molar-refractivity contribution is 9.10. The summed E-state index contributed by atoms with van der Waals surface area (Å²) in [4.78, 5) is 0.326. The maximum absolute atomic E-state index is 12.6. The van der Waals surface area contributed by atoms with Crippen LogP contribution in [0, 0.1) is 0 Å². The first-order chi connectivity index (χ1) is 13.0. The van der Waals surface area contributed by atoms with Crippen LogP contribution in [0.25, 0.3) is 0 Å². The molecule has 0 aliphatic carbocycles. The Hall–Kier alpha value is -1.45. The van der Waals surface area contributed by atoms with Crippen LogP contribution in [-0.2, 0) is 27.8 Å². The molecule has 1 heterocycles. The summed E-state index contributed by atoms with van der Waals surface area (Å²) in [5.41, 5.74) is 2.16. The van der Waals surface area contributed by atoms with Gasteiger partial charge < -0.3 is 14.8 Å². The SMILES string of the molecule is COc1ccc(CNCc2ccc(S(=O)(=O)N3CCOCC3)cc2)cc1Br. The van der Waals surface area contributed by atoms with Gasteiger partial charge in [-0.25, -0.2) is 8.42 Å². The van der Waals surface area contributed by atoms with E-state index in [-0.39, 0.29) is 0 Å². The number of ether oxygens (including phenoxy) is 2. The molecule has 1 fully saturated rings. The largest absolute Gasteiger partial charge is 0.496 e. The van der Waals surface area contributed by atoms with Crippen LogP contribution in [0.1, 0.15) is 11.1 Å². The average Bonchev–Trinajstić information content (AvgIpc) is 2.69. The number of halogens is 1. The molecule has 0 spiro atoms. The number of methoxy groups -OCH3 is 1. The highest BCUT2D eigenvalue weighted by Gasteiger charge is 2.25. The van der Waals surface area contributed by atoms with Gasteiger partial charge >= 0.3 is 0 Å². The third-order valence-corrected chi connectivity index (χ3v) is 6.94. The molecule has 0 atom stereocenters. The standard InChI is InChI=1S/C19H23BrN2O4S/c1-25-19-7-4-16(12-18(19)20)14-21-13-15-2-5-17(6-3-15)27(23,24)22-8-10-26-11-9-22/h2-7,12,21H,8-11,13-14H2,1H3. The van der Waals surface area contributed by atoms with Gasteiger partial charge in [0.05, 0.1) is 29.7 Å². The number of nitrogens with zero attached hydrogens (tertiary/aromatic N) is 1. The van der Waals surface area contributed by atoms with Crippen LogP contribution in [-0.4, -0.2) is 46.1 Å². The van der Waals surface area contributed by atoms with Crippen LogP contribution >= 0.6 is 15.9 Å². The zero-order valence-electron chi connectivity index (χ0n) is 15.2. The van der Waals surface area contributed by atoms with Crippen molar-refractivity contribution in [3.63, 3.8) is 0 Å². The molecule has 0 bridgehead atoms. The molecule has 0 radical (unpaired) electrons. The Kier molecular flexibility index (Phi) is 6.88. The van der Waals surface area contributed by atoms with Crippen LogP contribution in [0.3, 0.4) is 0 Å². The minimum Gasteiger partial charge on any atom is -0.496 e. The first kappa shape index (κ1) is 20.3. The molecule has 1 aliphatic rings. The Labute approximate surface area is 168 Å². The zero-order valence-corrected chi connectivity index (χ0v) is 17.6. The molecule has 1 aliphatic heterocycles. The van der Waals surface area contributed by atoms with Gasteiger partial charge in [-0.1, -0.05) is 18.2 Å². The Balaban J connectivity index is 1.57. The summed E-state index contributed by atoms with van der Waals surface area (Å²) in [6.07, 6.45) is 0. The van der Waals surface area contributed by atoms with Gasteiger partial charge in [-0.05, 0) is 51.3 Å². The topological polar surface area (TPSA) is 67.9 Å². The minimum absolute atomic E-state index is 0.326. The molecule has 0 saturated carbocycles. The second kappa shape index (κ2) is 9.16. The van der Waals surface area contributed by atoms with Crippen LogP contribution < -0.4 is 10.1 Å². The number of nitrogens with one attached hydrogen (secondary N) is 1. The van der Waals surface area contributed by atoms with Gasteiger partial charge in [0.25, 0.3) is 0 Å². The van der Waals surface area contributed by atoms with Crippen molar-refractivity contribution >= 4 is 26.0 Å². The Morgan fingerprint density at radius 3 is 2.33 bits per heavy atom. The normalized spacial score (nSPS) is 15.6. The zero-order chi connectivity index (χ0) is 19.3. The van der Waals surface area contributed by atoms with Crippen LogP contribution in [0.15, 0.2) is 51.8 Å². The fourth-order valence-electron chi connectivity index (χ4n) is 2.89. The number of hydrogen-bond acceptors (Lipinski definition) is 5. The van der Waals surface area contributed by atoms with Crippen molar-refractivity contribution in [1.82, 2.24) is 9.62 Å². The molecule has 6 nitrogen and oxygen atoms in total. The quantitative estimate of drug-likeness (QED) is 0.696. The van der Waals surface area contributed by atoms with E-state index in [0.29, 0.717) is 44.3 Å². The first-order valence-corrected chi connectivity index (χ1v) is 10.9. The van der Waals surface area contributed by atoms with Crippen molar-refractivity contribution < 1.29 is 17.9 Å². The Morgan fingerprint density at radius 1 is 1.07 bits per heavy atom. The van der Waals surface area contributed by atoms with Crippen molar-refractivity contribution in [1.29, 1.82) is 0 Å². The number of sulfonamides is 1. The van der Waals surface area contributed by atoms with E-state index in [0.717, 1.165) is 21.3 Å². The summed E-state index contributed by atoms with van der Waals surface area (Å²) in [5.74, 6) is 0.802. The van der Waals surface area contributed by atoms with E-state index in [1.807, 2.05) is 30.3 Å². The van der Waals surface area contributed by atoms with Crippen molar-refractivity contribution in [3.05, 3.63) is 58.1 Å². The molecule has 146 valence electrons. The van der Waals surface area contributed by atoms with Crippen molar-refractivity contribution in [2.75, 3.05) is 33.4 Å². The lowest BCUT2D eigenvalue weighted by Gasteiger charge is -2.26. The Morgan fingerprint density at radius 2 is 1.70 bits per heavy atom. The van der Waals surface area contributed by atoms with Gasteiger partial charge in [-0.15, -0.1) is 0 Å². The lowest BCUT2D eigenvalue weighted by molar-refractivity contribution is 0.0730. The molecule has 1 saturated heterocycles. The number of rotatable bonds is 7. The molecule has 0 unspecified atom stereocenters. The second-order valence-corrected chi connectivity index (χ2v) is 9.03. The maximum Gasteiger partial charge on any atom is 0.243 e. The van der Waals surface area contributed by atoms with Crippen molar-refractivity contribution in [2.24, 2.45) is 0 Å². The second-order valence-electron chi connectivity index (χ2n) is 6.23. The van der Waals surface area contributed by atoms with Crippen LogP contribution in [0.2, 0.25) is 0 Å². The predicted octanol–water partition coefficient (Wildman–Crippen LogP) is 2.77. The van der Waals surface area contributed by atoms with Crippen molar-refractivity contribution in [3.8, 4) is 5.75 Å². The third-order valence-electron chi connectivity index (χ3n) is 4.41. The summed E-state index contributed by atoms with van der Waals surface area (Å²) < 4.78 is 38.1. The summed E-state index contributed by atoms with van der Waals surface area (Å²) in [7, 11) is -1.80. The fourth-order valence-corrected chi connectivity index (χ4v) is 4.88. The summed E-state index contributed by atoms with van der Waals surface area (Å²) in [6, 6.07) is 13.0. The summed E-state index contributed by atoms with van der Waals surface area (Å²) in [5, 5.41) is 3.37. The van der Waals surface area contributed by atoms with E-state index < -0.39 is 10.0 Å². The molecular weight excluding hydrogens is 432 g/mol. The van der Waals surface area contributed by atoms with Gasteiger partial charge in [0.2, 0.25) is 10.0 Å². The molecular formula is C19H23BrN2O4S. The predicted molar refractivity (Wildman–Crippen MR) is 107 cm³/mol. The van der Waals surface area contributed by atoms with Crippen LogP contribution in [0.4, 0.5) is 0 Å². The van der Waals surface area contributed by atoms with Gasteiger partial charge in [0.1, 0.15) is 5.75 Å². The van der Waals surface area contributed by atoms with E-state index in [9.17, 15) is 8.42 Å². The van der Waals surface area contributed by atoms with E-state index >= 15 is 0 Å². The highest BCUT2D eigenvalue weighted by atomic mass is 79.9. The maximum atomic E-state index is 12.6. The summed E-state index contributed by atoms with van der Waals surface area (Å²) >= 11 is 3.48. The molecule has 0 aromatic heterocycles. The van der Waals surface area contributed by atoms with E-state index in [1.54, 1.807) is 19.2 Å². The van der Waals surface area contributed by atoms with Gasteiger partial charge in [-0.3, -0.25) is 0 Å². The molecule has 0 amide bonds. The molecule has 2 aromatic carbocycles. The minimum atomic E-state index is -3.44. The van der Waals surface area contributed by atoms with Crippen LogP contribution in [0.5, 0.6) is 5.75 Å². The smallest absolute Gasteiger partial charge is 0.243 e. The number of hydrogen-bond donors (Lipinski definition) is 1. The molecule has 1 N–H and O–H groups in total. The van der Waals surface area contributed by atoms with E-state index in [1.165, 1.54) is 4.31 Å². The molecule has 3 rings (SSSR count). The van der Waals surface area contributed by atoms with E-state index in [2.05, 4.69) is 21.2 Å². The molecule has 8 heteroatoms. The number of benzene rings is 2.